The summed E-state index contributed by atoms with van der Waals surface area (Å²) in [6.07, 6.45) is 3.71. The van der Waals surface area contributed by atoms with E-state index in [-0.39, 0.29) is 10.6 Å². The SMILES string of the molecule is Cn1c(-c2ccccc2)c[n+]2cccc([N+](=O)[O-])c12. The molecular weight excluding hydrogens is 242 g/mol. The number of pyridine rings is 1. The Morgan fingerprint density at radius 1 is 1.16 bits per heavy atom. The van der Waals surface area contributed by atoms with Crippen LogP contribution in [0.25, 0.3) is 16.9 Å². The number of benzene rings is 1. The molecule has 0 atom stereocenters. The lowest BCUT2D eigenvalue weighted by atomic mass is 10.2. The number of fused-ring (bicyclic) bond motifs is 1. The summed E-state index contributed by atoms with van der Waals surface area (Å²) in [5, 5.41) is 11.1. The number of hydrogen-bond donors (Lipinski definition) is 0. The topological polar surface area (TPSA) is 52.2 Å². The molecule has 0 aliphatic rings. The zero-order chi connectivity index (χ0) is 13.4. The summed E-state index contributed by atoms with van der Waals surface area (Å²) in [5.74, 6) is 0. The predicted octanol–water partition coefficient (Wildman–Crippen LogP) is 2.34. The first-order valence-electron chi connectivity index (χ1n) is 5.88. The Labute approximate surface area is 109 Å². The van der Waals surface area contributed by atoms with Gasteiger partial charge in [-0.25, -0.2) is 4.57 Å². The van der Waals surface area contributed by atoms with Crippen molar-refractivity contribution in [2.45, 2.75) is 0 Å². The van der Waals surface area contributed by atoms with E-state index in [4.69, 9.17) is 0 Å². The van der Waals surface area contributed by atoms with Crippen molar-refractivity contribution in [3.63, 3.8) is 0 Å². The van der Waals surface area contributed by atoms with Gasteiger partial charge in [0.1, 0.15) is 6.20 Å². The Morgan fingerprint density at radius 3 is 2.58 bits per heavy atom. The van der Waals surface area contributed by atoms with Crippen LogP contribution in [0, 0.1) is 10.1 Å². The number of hydrogen-bond acceptors (Lipinski definition) is 2. The number of imidazole rings is 1. The van der Waals surface area contributed by atoms with Crippen LogP contribution in [0.4, 0.5) is 5.69 Å². The van der Waals surface area contributed by atoms with Crippen molar-refractivity contribution in [2.24, 2.45) is 7.05 Å². The number of rotatable bonds is 2. The van der Waals surface area contributed by atoms with Crippen LogP contribution in [0.3, 0.4) is 0 Å². The molecule has 0 saturated heterocycles. The van der Waals surface area contributed by atoms with Crippen LogP contribution in [0.5, 0.6) is 0 Å². The van der Waals surface area contributed by atoms with E-state index >= 15 is 0 Å². The summed E-state index contributed by atoms with van der Waals surface area (Å²) < 4.78 is 3.62. The molecule has 0 unspecified atom stereocenters. The van der Waals surface area contributed by atoms with E-state index in [0.29, 0.717) is 5.65 Å². The van der Waals surface area contributed by atoms with Crippen LogP contribution < -0.4 is 4.40 Å². The van der Waals surface area contributed by atoms with Gasteiger partial charge in [0.05, 0.1) is 18.2 Å². The van der Waals surface area contributed by atoms with Crippen molar-refractivity contribution >= 4 is 11.3 Å². The Balaban J connectivity index is 2.33. The van der Waals surface area contributed by atoms with Crippen molar-refractivity contribution in [2.75, 3.05) is 0 Å². The molecule has 5 heteroatoms. The van der Waals surface area contributed by atoms with Crippen LogP contribution in [0.2, 0.25) is 0 Å². The van der Waals surface area contributed by atoms with Gasteiger partial charge in [-0.2, -0.15) is 4.40 Å². The van der Waals surface area contributed by atoms with E-state index in [1.165, 1.54) is 6.07 Å². The summed E-state index contributed by atoms with van der Waals surface area (Å²) in [4.78, 5) is 10.7. The minimum Gasteiger partial charge on any atom is -0.258 e. The van der Waals surface area contributed by atoms with Crippen molar-refractivity contribution in [1.82, 2.24) is 4.57 Å². The van der Waals surface area contributed by atoms with E-state index in [9.17, 15) is 10.1 Å². The standard InChI is InChI=1S/C14H12N3O2/c1-15-13(11-6-3-2-4-7-11)10-16-9-5-8-12(14(15)16)17(18)19/h2-10H,1H3/q+1. The fourth-order valence-electron chi connectivity index (χ4n) is 2.31. The van der Waals surface area contributed by atoms with E-state index in [1.54, 1.807) is 10.5 Å². The Kier molecular flexibility index (Phi) is 2.52. The van der Waals surface area contributed by atoms with Crippen LogP contribution in [-0.2, 0) is 7.05 Å². The van der Waals surface area contributed by atoms with Crippen molar-refractivity contribution in [3.8, 4) is 11.3 Å². The van der Waals surface area contributed by atoms with Gasteiger partial charge in [0.15, 0.2) is 5.69 Å². The van der Waals surface area contributed by atoms with Crippen molar-refractivity contribution < 1.29 is 9.32 Å². The molecule has 3 aromatic rings. The number of nitrogens with zero attached hydrogens (tertiary/aromatic N) is 3. The van der Waals surface area contributed by atoms with Gasteiger partial charge in [0.2, 0.25) is 0 Å². The summed E-state index contributed by atoms with van der Waals surface area (Å²) in [7, 11) is 1.84. The summed E-state index contributed by atoms with van der Waals surface area (Å²) in [5.41, 5.74) is 2.65. The Hall–Kier alpha value is -2.69. The molecule has 0 amide bonds. The fourth-order valence-corrected chi connectivity index (χ4v) is 2.31. The van der Waals surface area contributed by atoms with Gasteiger partial charge < -0.3 is 0 Å². The van der Waals surface area contributed by atoms with Crippen LogP contribution in [0.1, 0.15) is 0 Å². The van der Waals surface area contributed by atoms with Crippen LogP contribution in [-0.4, -0.2) is 9.49 Å². The molecule has 0 bridgehead atoms. The number of nitro groups is 1. The molecule has 0 radical (unpaired) electrons. The molecule has 19 heavy (non-hydrogen) atoms. The fraction of sp³-hybridized carbons (Fsp3) is 0.0714. The van der Waals surface area contributed by atoms with E-state index < -0.39 is 0 Å². The highest BCUT2D eigenvalue weighted by molar-refractivity contribution is 5.65. The molecule has 0 aliphatic carbocycles. The van der Waals surface area contributed by atoms with Gasteiger partial charge in [0, 0.05) is 11.6 Å². The molecular formula is C14H12N3O2+. The van der Waals surface area contributed by atoms with Gasteiger partial charge in [-0.05, 0) is 6.07 Å². The van der Waals surface area contributed by atoms with Crippen molar-refractivity contribution in [1.29, 1.82) is 0 Å². The number of aromatic nitrogens is 2. The molecule has 2 heterocycles. The monoisotopic (exact) mass is 254 g/mol. The first-order valence-corrected chi connectivity index (χ1v) is 5.88. The molecule has 2 aromatic heterocycles. The summed E-state index contributed by atoms with van der Waals surface area (Å²) in [6, 6.07) is 13.0. The first-order chi connectivity index (χ1) is 9.18. The lowest BCUT2D eigenvalue weighted by Crippen LogP contribution is -2.19. The summed E-state index contributed by atoms with van der Waals surface area (Å²) >= 11 is 0. The minimum atomic E-state index is -0.357. The van der Waals surface area contributed by atoms with Gasteiger partial charge >= 0.3 is 11.3 Å². The zero-order valence-corrected chi connectivity index (χ0v) is 10.4. The van der Waals surface area contributed by atoms with Crippen molar-refractivity contribution in [3.05, 3.63) is 65.0 Å². The maximum atomic E-state index is 11.1. The predicted molar refractivity (Wildman–Crippen MR) is 70.7 cm³/mol. The summed E-state index contributed by atoms with van der Waals surface area (Å²) in [6.45, 7) is 0. The second kappa shape index (κ2) is 4.20. The van der Waals surface area contributed by atoms with E-state index in [2.05, 4.69) is 0 Å². The highest BCUT2D eigenvalue weighted by atomic mass is 16.6. The van der Waals surface area contributed by atoms with Gasteiger partial charge in [-0.15, -0.1) is 0 Å². The van der Waals surface area contributed by atoms with E-state index in [0.717, 1.165) is 11.3 Å². The normalized spacial score (nSPS) is 10.8. The molecule has 94 valence electrons. The quantitative estimate of drug-likeness (QED) is 0.400. The molecule has 0 fully saturated rings. The third kappa shape index (κ3) is 1.76. The lowest BCUT2D eigenvalue weighted by Gasteiger charge is -1.96. The van der Waals surface area contributed by atoms with Crippen LogP contribution >= 0.6 is 0 Å². The first kappa shape index (κ1) is 11.4. The molecule has 3 rings (SSSR count). The minimum absolute atomic E-state index is 0.104. The van der Waals surface area contributed by atoms with Crippen LogP contribution in [0.15, 0.2) is 54.9 Å². The Bertz CT molecular complexity index is 763. The van der Waals surface area contributed by atoms with Gasteiger partial charge in [0.25, 0.3) is 0 Å². The molecule has 0 aliphatic heterocycles. The molecule has 1 aromatic carbocycles. The third-order valence-electron chi connectivity index (χ3n) is 3.18. The molecule has 5 nitrogen and oxygen atoms in total. The van der Waals surface area contributed by atoms with E-state index in [1.807, 2.05) is 54.3 Å². The number of aryl methyl sites for hydroxylation is 1. The average Bonchev–Trinajstić information content (AvgIpc) is 2.77. The maximum Gasteiger partial charge on any atom is 0.365 e. The Morgan fingerprint density at radius 2 is 1.89 bits per heavy atom. The average molecular weight is 254 g/mol. The molecule has 0 saturated carbocycles. The highest BCUT2D eigenvalue weighted by Crippen LogP contribution is 2.23. The van der Waals surface area contributed by atoms with Gasteiger partial charge in [-0.3, -0.25) is 10.1 Å². The largest absolute Gasteiger partial charge is 0.365 e. The zero-order valence-electron chi connectivity index (χ0n) is 10.4. The smallest absolute Gasteiger partial charge is 0.258 e. The third-order valence-corrected chi connectivity index (χ3v) is 3.18. The highest BCUT2D eigenvalue weighted by Gasteiger charge is 2.25. The second-order valence-corrected chi connectivity index (χ2v) is 4.32. The molecule has 0 spiro atoms. The maximum absolute atomic E-state index is 11.1. The molecule has 0 N–H and O–H groups in total. The second-order valence-electron chi connectivity index (χ2n) is 4.32. The lowest BCUT2D eigenvalue weighted by molar-refractivity contribution is -0.516. The van der Waals surface area contributed by atoms with Gasteiger partial charge in [-0.1, -0.05) is 30.3 Å².